The summed E-state index contributed by atoms with van der Waals surface area (Å²) in [5.74, 6) is -0.700. The molecule has 0 radical (unpaired) electrons. The number of carbonyl (C=O) groups is 2. The highest BCUT2D eigenvalue weighted by atomic mass is 35.5. The highest BCUT2D eigenvalue weighted by Crippen LogP contribution is 2.43. The van der Waals surface area contributed by atoms with Gasteiger partial charge in [-0.1, -0.05) is 54.1 Å². The molecular formula is C23H18ClNO4. The molecule has 29 heavy (non-hydrogen) atoms. The van der Waals surface area contributed by atoms with Gasteiger partial charge in [-0.05, 0) is 35.9 Å². The molecule has 3 aromatic carbocycles. The molecule has 0 spiro atoms. The summed E-state index contributed by atoms with van der Waals surface area (Å²) >= 11 is 6.01. The standard InChI is InChI=1S/C23H18ClNO4/c1-29-22(27)16-8-6-15(7-9-16)14-25-21(26)19-4-2-3-5-20(19)23(25,28)17-10-12-18(24)13-11-17/h2-13,28H,14H2,1H3. The maximum Gasteiger partial charge on any atom is 0.337 e. The van der Waals surface area contributed by atoms with Crippen molar-refractivity contribution in [2.45, 2.75) is 12.3 Å². The van der Waals surface area contributed by atoms with Crippen molar-refractivity contribution in [1.29, 1.82) is 0 Å². The van der Waals surface area contributed by atoms with Crippen LogP contribution in [-0.2, 0) is 17.0 Å². The van der Waals surface area contributed by atoms with Crippen LogP contribution in [-0.4, -0.2) is 29.0 Å². The molecule has 4 rings (SSSR count). The zero-order valence-corrected chi connectivity index (χ0v) is 16.4. The van der Waals surface area contributed by atoms with E-state index in [0.29, 0.717) is 27.3 Å². The lowest BCUT2D eigenvalue weighted by Gasteiger charge is -2.35. The number of nitrogens with zero attached hydrogens (tertiary/aromatic N) is 1. The van der Waals surface area contributed by atoms with Crippen molar-refractivity contribution >= 4 is 23.5 Å². The van der Waals surface area contributed by atoms with Crippen LogP contribution in [0.15, 0.2) is 72.8 Å². The van der Waals surface area contributed by atoms with Crippen LogP contribution in [0.1, 0.15) is 37.4 Å². The summed E-state index contributed by atoms with van der Waals surface area (Å²) < 4.78 is 4.72. The van der Waals surface area contributed by atoms with Crippen molar-refractivity contribution in [3.8, 4) is 0 Å². The van der Waals surface area contributed by atoms with E-state index in [9.17, 15) is 14.7 Å². The number of fused-ring (bicyclic) bond motifs is 1. The molecule has 1 N–H and O–H groups in total. The molecule has 1 aliphatic rings. The highest BCUT2D eigenvalue weighted by Gasteiger charge is 2.49. The van der Waals surface area contributed by atoms with Crippen molar-refractivity contribution in [2.75, 3.05) is 7.11 Å². The molecule has 146 valence electrons. The van der Waals surface area contributed by atoms with E-state index < -0.39 is 11.7 Å². The Labute approximate surface area is 173 Å². The van der Waals surface area contributed by atoms with Crippen LogP contribution in [0.2, 0.25) is 5.02 Å². The van der Waals surface area contributed by atoms with Crippen LogP contribution < -0.4 is 0 Å². The second kappa shape index (κ2) is 7.35. The summed E-state index contributed by atoms with van der Waals surface area (Å²) in [6.07, 6.45) is 0. The van der Waals surface area contributed by atoms with E-state index in [1.807, 2.05) is 0 Å². The number of hydrogen-bond donors (Lipinski definition) is 1. The molecule has 0 bridgehead atoms. The first kappa shape index (κ1) is 19.2. The Balaban J connectivity index is 1.76. The molecule has 6 heteroatoms. The fourth-order valence-corrected chi connectivity index (χ4v) is 3.76. The molecule has 0 aromatic heterocycles. The first-order valence-electron chi connectivity index (χ1n) is 9.02. The minimum atomic E-state index is -1.63. The predicted molar refractivity (Wildman–Crippen MR) is 109 cm³/mol. The van der Waals surface area contributed by atoms with Gasteiger partial charge in [0.05, 0.1) is 12.7 Å². The molecule has 1 atom stereocenters. The SMILES string of the molecule is COC(=O)c1ccc(CN2C(=O)c3ccccc3C2(O)c2ccc(Cl)cc2)cc1. The molecule has 1 aliphatic heterocycles. The van der Waals surface area contributed by atoms with E-state index >= 15 is 0 Å². The summed E-state index contributed by atoms with van der Waals surface area (Å²) in [4.78, 5) is 26.2. The number of carbonyl (C=O) groups excluding carboxylic acids is 2. The van der Waals surface area contributed by atoms with Crippen molar-refractivity contribution in [3.05, 3.63) is 106 Å². The first-order chi connectivity index (χ1) is 13.9. The van der Waals surface area contributed by atoms with Gasteiger partial charge in [0.15, 0.2) is 5.72 Å². The summed E-state index contributed by atoms with van der Waals surface area (Å²) in [6.45, 7) is 0.161. The van der Waals surface area contributed by atoms with Crippen LogP contribution in [0, 0.1) is 0 Å². The summed E-state index contributed by atoms with van der Waals surface area (Å²) in [6, 6.07) is 20.6. The lowest BCUT2D eigenvalue weighted by atomic mass is 9.93. The monoisotopic (exact) mass is 407 g/mol. The summed E-state index contributed by atoms with van der Waals surface area (Å²) in [5, 5.41) is 12.3. The normalized spacial score (nSPS) is 17.9. The van der Waals surface area contributed by atoms with Gasteiger partial charge >= 0.3 is 5.97 Å². The van der Waals surface area contributed by atoms with Crippen LogP contribution in [0.5, 0.6) is 0 Å². The molecule has 0 fully saturated rings. The van der Waals surface area contributed by atoms with Crippen molar-refractivity contribution < 1.29 is 19.4 Å². The lowest BCUT2D eigenvalue weighted by Crippen LogP contribution is -2.44. The number of rotatable bonds is 4. The number of methoxy groups -OCH3 is 1. The maximum atomic E-state index is 13.1. The van der Waals surface area contributed by atoms with Crippen LogP contribution in [0.3, 0.4) is 0 Å². The van der Waals surface area contributed by atoms with Crippen molar-refractivity contribution in [3.63, 3.8) is 0 Å². The third-order valence-corrected chi connectivity index (χ3v) is 5.38. The molecule has 5 nitrogen and oxygen atoms in total. The number of esters is 1. The topological polar surface area (TPSA) is 66.8 Å². The average Bonchev–Trinajstić information content (AvgIpc) is 2.97. The fourth-order valence-electron chi connectivity index (χ4n) is 3.64. The minimum Gasteiger partial charge on any atom is -0.465 e. The third kappa shape index (κ3) is 3.18. The first-order valence-corrected chi connectivity index (χ1v) is 9.40. The highest BCUT2D eigenvalue weighted by molar-refractivity contribution is 6.30. The van der Waals surface area contributed by atoms with Gasteiger partial charge in [0.1, 0.15) is 0 Å². The molecular weight excluding hydrogens is 390 g/mol. The summed E-state index contributed by atoms with van der Waals surface area (Å²) in [5.41, 5.74) is 1.09. The van der Waals surface area contributed by atoms with E-state index in [-0.39, 0.29) is 12.5 Å². The summed E-state index contributed by atoms with van der Waals surface area (Å²) in [7, 11) is 1.32. The average molecular weight is 408 g/mol. The molecule has 0 saturated heterocycles. The number of amides is 1. The molecule has 1 amide bonds. The van der Waals surface area contributed by atoms with Crippen molar-refractivity contribution in [1.82, 2.24) is 4.90 Å². The molecule has 1 unspecified atom stereocenters. The zero-order valence-electron chi connectivity index (χ0n) is 15.6. The molecule has 1 heterocycles. The van der Waals surface area contributed by atoms with Gasteiger partial charge in [-0.3, -0.25) is 9.69 Å². The molecule has 3 aromatic rings. The molecule has 0 aliphatic carbocycles. The maximum absolute atomic E-state index is 13.1. The van der Waals surface area contributed by atoms with E-state index in [4.69, 9.17) is 16.3 Å². The fraction of sp³-hybridized carbons (Fsp3) is 0.130. The minimum absolute atomic E-state index is 0.161. The number of hydrogen-bond acceptors (Lipinski definition) is 4. The Morgan fingerprint density at radius 1 is 1.03 bits per heavy atom. The van der Waals surface area contributed by atoms with Gasteiger partial charge in [0.25, 0.3) is 5.91 Å². The van der Waals surface area contributed by atoms with E-state index in [1.54, 1.807) is 72.8 Å². The largest absolute Gasteiger partial charge is 0.465 e. The van der Waals surface area contributed by atoms with E-state index in [2.05, 4.69) is 0 Å². The second-order valence-electron chi connectivity index (χ2n) is 6.80. The Bertz CT molecular complexity index is 1080. The van der Waals surface area contributed by atoms with Crippen LogP contribution in [0.25, 0.3) is 0 Å². The Hall–Kier alpha value is -3.15. The van der Waals surface area contributed by atoms with Gasteiger partial charge in [0.2, 0.25) is 0 Å². The van der Waals surface area contributed by atoms with Gasteiger partial charge in [-0.25, -0.2) is 4.79 Å². The Kier molecular flexibility index (Phi) is 4.86. The Morgan fingerprint density at radius 2 is 1.69 bits per heavy atom. The third-order valence-electron chi connectivity index (χ3n) is 5.13. The van der Waals surface area contributed by atoms with Gasteiger partial charge in [-0.15, -0.1) is 0 Å². The van der Waals surface area contributed by atoms with Crippen LogP contribution in [0.4, 0.5) is 0 Å². The smallest absolute Gasteiger partial charge is 0.337 e. The van der Waals surface area contributed by atoms with Gasteiger partial charge in [0, 0.05) is 28.3 Å². The molecule has 0 saturated carbocycles. The van der Waals surface area contributed by atoms with Gasteiger partial charge < -0.3 is 9.84 Å². The second-order valence-corrected chi connectivity index (χ2v) is 7.24. The quantitative estimate of drug-likeness (QED) is 0.664. The number of benzene rings is 3. The zero-order chi connectivity index (χ0) is 20.6. The van der Waals surface area contributed by atoms with E-state index in [0.717, 1.165) is 5.56 Å². The van der Waals surface area contributed by atoms with Crippen molar-refractivity contribution in [2.24, 2.45) is 0 Å². The number of ether oxygens (including phenoxy) is 1. The van der Waals surface area contributed by atoms with E-state index in [1.165, 1.54) is 12.0 Å². The predicted octanol–water partition coefficient (Wildman–Crippen LogP) is 3.98. The number of aliphatic hydroxyl groups is 1. The van der Waals surface area contributed by atoms with Gasteiger partial charge in [-0.2, -0.15) is 0 Å². The number of halogens is 1. The Morgan fingerprint density at radius 3 is 2.34 bits per heavy atom. The lowest BCUT2D eigenvalue weighted by molar-refractivity contribution is -0.0543. The van der Waals surface area contributed by atoms with Crippen LogP contribution >= 0.6 is 11.6 Å².